The van der Waals surface area contributed by atoms with Crippen LogP contribution in [0, 0.1) is 0 Å². The Balaban J connectivity index is 1.77. The van der Waals surface area contributed by atoms with Gasteiger partial charge in [-0.05, 0) is 42.7 Å². The van der Waals surface area contributed by atoms with Crippen molar-refractivity contribution in [3.8, 4) is 0 Å². The van der Waals surface area contributed by atoms with E-state index in [0.29, 0.717) is 18.2 Å². The molecule has 0 aromatic heterocycles. The molecule has 0 atom stereocenters. The number of anilines is 1. The van der Waals surface area contributed by atoms with Crippen LogP contribution in [0.4, 0.5) is 5.69 Å². The Labute approximate surface area is 184 Å². The van der Waals surface area contributed by atoms with E-state index in [0.717, 1.165) is 36.9 Å². The predicted molar refractivity (Wildman–Crippen MR) is 121 cm³/mol. The van der Waals surface area contributed by atoms with Gasteiger partial charge in [-0.15, -0.1) is 0 Å². The molecule has 1 fully saturated rings. The summed E-state index contributed by atoms with van der Waals surface area (Å²) in [5.74, 6) is -0.108. The van der Waals surface area contributed by atoms with Crippen molar-refractivity contribution in [1.29, 1.82) is 0 Å². The molecule has 5 nitrogen and oxygen atoms in total. The molecule has 0 aliphatic carbocycles. The molecule has 6 heteroatoms. The van der Waals surface area contributed by atoms with Crippen molar-refractivity contribution >= 4 is 29.1 Å². The molecule has 0 unspecified atom stereocenters. The molecule has 30 heavy (non-hydrogen) atoms. The molecule has 0 radical (unpaired) electrons. The van der Waals surface area contributed by atoms with Gasteiger partial charge in [-0.25, -0.2) is 0 Å². The molecule has 0 saturated carbocycles. The maximum absolute atomic E-state index is 13.5. The van der Waals surface area contributed by atoms with Gasteiger partial charge in [0.25, 0.3) is 0 Å². The Morgan fingerprint density at radius 3 is 2.27 bits per heavy atom. The van der Waals surface area contributed by atoms with Crippen LogP contribution in [0.25, 0.3) is 0 Å². The number of nitrogens with zero attached hydrogens (tertiary/aromatic N) is 2. The lowest BCUT2D eigenvalue weighted by Crippen LogP contribution is -2.49. The van der Waals surface area contributed by atoms with E-state index in [-0.39, 0.29) is 18.4 Å². The third-order valence-corrected chi connectivity index (χ3v) is 5.90. The zero-order valence-electron chi connectivity index (χ0n) is 17.7. The van der Waals surface area contributed by atoms with Gasteiger partial charge in [0.1, 0.15) is 12.1 Å². The van der Waals surface area contributed by atoms with Crippen LogP contribution in [0.5, 0.6) is 0 Å². The number of carbonyl (C=O) groups excluding carboxylic acids is 2. The van der Waals surface area contributed by atoms with Crippen LogP contribution in [-0.2, 0) is 16.1 Å². The molecule has 3 rings (SSSR count). The standard InChI is InChI=1S/C24H30ClN3O2/c1-3-14-24(15-4-2)23(30)27(18-28(24)21-12-10-20(25)11-13-21)17-22(29)26-16-19-8-6-5-7-9-19/h5-13H,3-4,14-18H2,1-2H3,(H,26,29). The number of nitrogens with one attached hydrogen (secondary N) is 1. The fourth-order valence-electron chi connectivity index (χ4n) is 4.31. The van der Waals surface area contributed by atoms with Gasteiger partial charge in [0.15, 0.2) is 0 Å². The van der Waals surface area contributed by atoms with Gasteiger partial charge in [0, 0.05) is 17.3 Å². The lowest BCUT2D eigenvalue weighted by Gasteiger charge is -2.37. The Morgan fingerprint density at radius 2 is 1.67 bits per heavy atom. The Hall–Kier alpha value is -2.53. The third kappa shape index (κ3) is 4.78. The first-order valence-electron chi connectivity index (χ1n) is 10.6. The molecule has 2 aromatic carbocycles. The number of carbonyl (C=O) groups is 2. The molecule has 1 aliphatic rings. The van der Waals surface area contributed by atoms with Gasteiger partial charge in [-0.1, -0.05) is 68.6 Å². The number of rotatable bonds is 9. The number of amides is 2. The third-order valence-electron chi connectivity index (χ3n) is 5.65. The maximum Gasteiger partial charge on any atom is 0.250 e. The van der Waals surface area contributed by atoms with Crippen LogP contribution < -0.4 is 10.2 Å². The van der Waals surface area contributed by atoms with Crippen molar-refractivity contribution in [1.82, 2.24) is 10.2 Å². The highest BCUT2D eigenvalue weighted by Crippen LogP contribution is 2.39. The van der Waals surface area contributed by atoms with E-state index in [4.69, 9.17) is 11.6 Å². The monoisotopic (exact) mass is 427 g/mol. The summed E-state index contributed by atoms with van der Waals surface area (Å²) in [5.41, 5.74) is 1.38. The minimum Gasteiger partial charge on any atom is -0.350 e. The summed E-state index contributed by atoms with van der Waals surface area (Å²) >= 11 is 6.07. The number of hydrogen-bond acceptors (Lipinski definition) is 3. The first-order chi connectivity index (χ1) is 14.5. The zero-order chi connectivity index (χ0) is 21.6. The van der Waals surface area contributed by atoms with Crippen LogP contribution in [0.2, 0.25) is 5.02 Å². The number of halogens is 1. The van der Waals surface area contributed by atoms with Crippen molar-refractivity contribution in [2.24, 2.45) is 0 Å². The molecule has 1 saturated heterocycles. The summed E-state index contributed by atoms with van der Waals surface area (Å²) in [7, 11) is 0. The van der Waals surface area contributed by atoms with Crippen LogP contribution >= 0.6 is 11.6 Å². The first kappa shape index (κ1) is 22.2. The molecule has 1 heterocycles. The molecule has 160 valence electrons. The smallest absolute Gasteiger partial charge is 0.250 e. The van der Waals surface area contributed by atoms with Crippen molar-refractivity contribution in [2.75, 3.05) is 18.1 Å². The van der Waals surface area contributed by atoms with E-state index in [1.54, 1.807) is 4.90 Å². The van der Waals surface area contributed by atoms with Crippen LogP contribution in [0.15, 0.2) is 54.6 Å². The maximum atomic E-state index is 13.5. The molecule has 1 aliphatic heterocycles. The van der Waals surface area contributed by atoms with E-state index in [2.05, 4.69) is 24.1 Å². The normalized spacial score (nSPS) is 15.5. The summed E-state index contributed by atoms with van der Waals surface area (Å²) in [4.78, 5) is 30.0. The highest BCUT2D eigenvalue weighted by molar-refractivity contribution is 6.30. The Bertz CT molecular complexity index is 849. The van der Waals surface area contributed by atoms with Crippen molar-refractivity contribution in [2.45, 2.75) is 51.6 Å². The van der Waals surface area contributed by atoms with Gasteiger partial charge in [0.05, 0.1) is 6.67 Å². The topological polar surface area (TPSA) is 52.7 Å². The molecular formula is C24H30ClN3O2. The average molecular weight is 428 g/mol. The van der Waals surface area contributed by atoms with E-state index in [9.17, 15) is 9.59 Å². The lowest BCUT2D eigenvalue weighted by molar-refractivity contribution is -0.136. The second kappa shape index (κ2) is 9.98. The predicted octanol–water partition coefficient (Wildman–Crippen LogP) is 4.60. The van der Waals surface area contributed by atoms with Gasteiger partial charge < -0.3 is 15.1 Å². The molecule has 0 bridgehead atoms. The van der Waals surface area contributed by atoms with Gasteiger partial charge in [-0.2, -0.15) is 0 Å². The number of hydrogen-bond donors (Lipinski definition) is 1. The first-order valence-corrected chi connectivity index (χ1v) is 11.0. The molecule has 2 amide bonds. The SMILES string of the molecule is CCCC1(CCC)C(=O)N(CC(=O)NCc2ccccc2)CN1c1ccc(Cl)cc1. The molecule has 0 spiro atoms. The quantitative estimate of drug-likeness (QED) is 0.636. The molecular weight excluding hydrogens is 398 g/mol. The summed E-state index contributed by atoms with van der Waals surface area (Å²) in [6.07, 6.45) is 3.29. The van der Waals surface area contributed by atoms with Crippen LogP contribution in [-0.4, -0.2) is 35.5 Å². The largest absolute Gasteiger partial charge is 0.350 e. The summed E-state index contributed by atoms with van der Waals surface area (Å²) in [6, 6.07) is 17.4. The second-order valence-corrected chi connectivity index (χ2v) is 8.28. The van der Waals surface area contributed by atoms with Gasteiger partial charge in [0.2, 0.25) is 11.8 Å². The van der Waals surface area contributed by atoms with Crippen molar-refractivity contribution in [3.63, 3.8) is 0 Å². The fraction of sp³-hybridized carbons (Fsp3) is 0.417. The van der Waals surface area contributed by atoms with Crippen LogP contribution in [0.3, 0.4) is 0 Å². The van der Waals surface area contributed by atoms with Crippen molar-refractivity contribution < 1.29 is 9.59 Å². The van der Waals surface area contributed by atoms with Crippen LogP contribution in [0.1, 0.15) is 45.1 Å². The van der Waals surface area contributed by atoms with Crippen molar-refractivity contribution in [3.05, 3.63) is 65.2 Å². The Kier molecular flexibility index (Phi) is 7.38. The average Bonchev–Trinajstić information content (AvgIpc) is 3.00. The minimum atomic E-state index is -0.614. The zero-order valence-corrected chi connectivity index (χ0v) is 18.5. The minimum absolute atomic E-state index is 0.0380. The lowest BCUT2D eigenvalue weighted by atomic mass is 9.86. The highest BCUT2D eigenvalue weighted by Gasteiger charge is 2.51. The van der Waals surface area contributed by atoms with E-state index < -0.39 is 5.54 Å². The van der Waals surface area contributed by atoms with Gasteiger partial charge in [-0.3, -0.25) is 9.59 Å². The summed E-state index contributed by atoms with van der Waals surface area (Å²) in [6.45, 7) is 5.11. The second-order valence-electron chi connectivity index (χ2n) is 7.84. The Morgan fingerprint density at radius 1 is 1.03 bits per heavy atom. The number of benzene rings is 2. The van der Waals surface area contributed by atoms with Gasteiger partial charge >= 0.3 is 0 Å². The molecule has 1 N–H and O–H groups in total. The fourth-order valence-corrected chi connectivity index (χ4v) is 4.44. The highest BCUT2D eigenvalue weighted by atomic mass is 35.5. The van der Waals surface area contributed by atoms with E-state index in [1.165, 1.54) is 0 Å². The summed E-state index contributed by atoms with van der Waals surface area (Å²) in [5, 5.41) is 3.60. The van der Waals surface area contributed by atoms with E-state index in [1.807, 2.05) is 54.6 Å². The van der Waals surface area contributed by atoms with E-state index >= 15 is 0 Å². The molecule has 2 aromatic rings. The summed E-state index contributed by atoms with van der Waals surface area (Å²) < 4.78 is 0.